The summed E-state index contributed by atoms with van der Waals surface area (Å²) >= 11 is 0. The summed E-state index contributed by atoms with van der Waals surface area (Å²) in [4.78, 5) is 11.8. The molecule has 0 aliphatic rings. The van der Waals surface area contributed by atoms with E-state index >= 15 is 0 Å². The zero-order valence-electron chi connectivity index (χ0n) is 11.9. The third kappa shape index (κ3) is 3.98. The molecule has 0 aromatic heterocycles. The van der Waals surface area contributed by atoms with E-state index in [1.165, 1.54) is 19.2 Å². The van der Waals surface area contributed by atoms with Gasteiger partial charge in [-0.1, -0.05) is 36.4 Å². The number of sulfonamides is 1. The van der Waals surface area contributed by atoms with Crippen molar-refractivity contribution in [3.8, 4) is 5.75 Å². The molecule has 0 aliphatic heterocycles. The highest BCUT2D eigenvalue weighted by Gasteiger charge is 2.16. The highest BCUT2D eigenvalue weighted by molar-refractivity contribution is 7.90. The van der Waals surface area contributed by atoms with Gasteiger partial charge in [0.2, 0.25) is 0 Å². The molecule has 0 saturated heterocycles. The SMILES string of the molecule is COc1ccccc1CNC(=O)NS(=O)(=O)c1ccccc1. The highest BCUT2D eigenvalue weighted by atomic mass is 32.2. The Morgan fingerprint density at radius 2 is 1.68 bits per heavy atom. The average Bonchev–Trinajstić information content (AvgIpc) is 2.53. The molecule has 0 spiro atoms. The molecule has 0 saturated carbocycles. The first-order chi connectivity index (χ1) is 10.5. The first kappa shape index (κ1) is 15.8. The van der Waals surface area contributed by atoms with Gasteiger partial charge in [-0.05, 0) is 18.2 Å². The van der Waals surface area contributed by atoms with Crippen LogP contribution in [0, 0.1) is 0 Å². The Labute approximate surface area is 129 Å². The first-order valence-corrected chi connectivity index (χ1v) is 7.99. The number of ether oxygens (including phenoxy) is 1. The molecule has 2 amide bonds. The zero-order chi connectivity index (χ0) is 16.0. The van der Waals surface area contributed by atoms with E-state index in [9.17, 15) is 13.2 Å². The van der Waals surface area contributed by atoms with Crippen molar-refractivity contribution in [2.45, 2.75) is 11.4 Å². The second-order valence-corrected chi connectivity index (χ2v) is 6.10. The third-order valence-corrected chi connectivity index (χ3v) is 4.26. The maximum atomic E-state index is 12.0. The van der Waals surface area contributed by atoms with Crippen LogP contribution in [0.15, 0.2) is 59.5 Å². The molecule has 116 valence electrons. The normalized spacial score (nSPS) is 10.8. The van der Waals surface area contributed by atoms with E-state index in [0.717, 1.165) is 5.56 Å². The molecular formula is C15H16N2O4S. The Morgan fingerprint density at radius 1 is 1.05 bits per heavy atom. The topological polar surface area (TPSA) is 84.5 Å². The van der Waals surface area contributed by atoms with Gasteiger partial charge in [-0.25, -0.2) is 17.9 Å². The molecule has 2 rings (SSSR count). The molecule has 22 heavy (non-hydrogen) atoms. The lowest BCUT2D eigenvalue weighted by molar-refractivity contribution is 0.245. The van der Waals surface area contributed by atoms with Crippen molar-refractivity contribution in [3.63, 3.8) is 0 Å². The van der Waals surface area contributed by atoms with Gasteiger partial charge in [0, 0.05) is 12.1 Å². The van der Waals surface area contributed by atoms with Gasteiger partial charge >= 0.3 is 6.03 Å². The first-order valence-electron chi connectivity index (χ1n) is 6.50. The molecule has 0 unspecified atom stereocenters. The van der Waals surface area contributed by atoms with Crippen LogP contribution in [-0.2, 0) is 16.6 Å². The monoisotopic (exact) mass is 320 g/mol. The molecule has 0 fully saturated rings. The molecule has 0 radical (unpaired) electrons. The summed E-state index contributed by atoms with van der Waals surface area (Å²) in [5.74, 6) is 0.619. The predicted octanol–water partition coefficient (Wildman–Crippen LogP) is 1.88. The van der Waals surface area contributed by atoms with Gasteiger partial charge < -0.3 is 10.1 Å². The lowest BCUT2D eigenvalue weighted by atomic mass is 10.2. The number of carbonyl (C=O) groups excluding carboxylic acids is 1. The van der Waals surface area contributed by atoms with Crippen molar-refractivity contribution >= 4 is 16.1 Å². The van der Waals surface area contributed by atoms with Gasteiger partial charge in [-0.2, -0.15) is 0 Å². The Balaban J connectivity index is 1.99. The number of urea groups is 1. The Hall–Kier alpha value is -2.54. The Morgan fingerprint density at radius 3 is 2.36 bits per heavy atom. The van der Waals surface area contributed by atoms with Crippen LogP contribution in [0.2, 0.25) is 0 Å². The lowest BCUT2D eigenvalue weighted by Gasteiger charge is -2.11. The van der Waals surface area contributed by atoms with E-state index in [1.807, 2.05) is 10.8 Å². The molecule has 0 aliphatic carbocycles. The van der Waals surface area contributed by atoms with Crippen LogP contribution in [0.25, 0.3) is 0 Å². The summed E-state index contributed by atoms with van der Waals surface area (Å²) in [6.07, 6.45) is 0. The molecule has 0 bridgehead atoms. The highest BCUT2D eigenvalue weighted by Crippen LogP contribution is 2.16. The van der Waals surface area contributed by atoms with Crippen molar-refractivity contribution in [1.82, 2.24) is 10.0 Å². The summed E-state index contributed by atoms with van der Waals surface area (Å²) in [7, 11) is -2.35. The van der Waals surface area contributed by atoms with Crippen LogP contribution >= 0.6 is 0 Å². The van der Waals surface area contributed by atoms with E-state index in [1.54, 1.807) is 36.4 Å². The van der Waals surface area contributed by atoms with Crippen LogP contribution < -0.4 is 14.8 Å². The van der Waals surface area contributed by atoms with Crippen molar-refractivity contribution in [2.24, 2.45) is 0 Å². The number of amides is 2. The second kappa shape index (κ2) is 6.95. The molecule has 2 aromatic rings. The number of nitrogens with one attached hydrogen (secondary N) is 2. The van der Waals surface area contributed by atoms with Gasteiger partial charge in [0.25, 0.3) is 10.0 Å². The molecule has 0 heterocycles. The van der Waals surface area contributed by atoms with Crippen LogP contribution in [0.4, 0.5) is 4.79 Å². The minimum Gasteiger partial charge on any atom is -0.496 e. The molecule has 6 nitrogen and oxygen atoms in total. The largest absolute Gasteiger partial charge is 0.496 e. The third-order valence-electron chi connectivity index (χ3n) is 2.91. The number of para-hydroxylation sites is 1. The van der Waals surface area contributed by atoms with Gasteiger partial charge in [0.15, 0.2) is 0 Å². The van der Waals surface area contributed by atoms with Gasteiger partial charge in [0.1, 0.15) is 5.75 Å². The minimum absolute atomic E-state index is 0.0300. The zero-order valence-corrected chi connectivity index (χ0v) is 12.8. The van der Waals surface area contributed by atoms with Crippen LogP contribution in [0.5, 0.6) is 5.75 Å². The van der Waals surface area contributed by atoms with Crippen molar-refractivity contribution in [1.29, 1.82) is 0 Å². The standard InChI is InChI=1S/C15H16N2O4S/c1-21-14-10-6-5-7-12(14)11-16-15(18)17-22(19,20)13-8-3-2-4-9-13/h2-10H,11H2,1H3,(H2,16,17,18). The van der Waals surface area contributed by atoms with Crippen molar-refractivity contribution in [2.75, 3.05) is 7.11 Å². The fourth-order valence-electron chi connectivity index (χ4n) is 1.84. The number of rotatable bonds is 5. The maximum Gasteiger partial charge on any atom is 0.328 e. The fraction of sp³-hybridized carbons (Fsp3) is 0.133. The van der Waals surface area contributed by atoms with E-state index in [2.05, 4.69) is 5.32 Å². The van der Waals surface area contributed by atoms with Crippen LogP contribution in [0.1, 0.15) is 5.56 Å². The van der Waals surface area contributed by atoms with Gasteiger partial charge in [-0.15, -0.1) is 0 Å². The molecule has 2 N–H and O–H groups in total. The number of hydrogen-bond acceptors (Lipinski definition) is 4. The second-order valence-electron chi connectivity index (χ2n) is 4.41. The summed E-state index contributed by atoms with van der Waals surface area (Å²) in [6.45, 7) is 0.153. The summed E-state index contributed by atoms with van der Waals surface area (Å²) in [5.41, 5.74) is 0.747. The van der Waals surface area contributed by atoms with Crippen molar-refractivity contribution < 1.29 is 17.9 Å². The predicted molar refractivity (Wildman–Crippen MR) is 82.0 cm³/mol. The summed E-state index contributed by atoms with van der Waals surface area (Å²) in [6, 6.07) is 14.0. The number of methoxy groups -OCH3 is 1. The Bertz CT molecular complexity index is 745. The number of benzene rings is 2. The van der Waals surface area contributed by atoms with E-state index in [4.69, 9.17) is 4.74 Å². The smallest absolute Gasteiger partial charge is 0.328 e. The quantitative estimate of drug-likeness (QED) is 0.881. The number of carbonyl (C=O) groups is 1. The maximum absolute atomic E-state index is 12.0. The summed E-state index contributed by atoms with van der Waals surface area (Å²) in [5, 5.41) is 2.49. The van der Waals surface area contributed by atoms with Gasteiger partial charge in [0.05, 0.1) is 12.0 Å². The van der Waals surface area contributed by atoms with E-state index in [0.29, 0.717) is 5.75 Å². The van der Waals surface area contributed by atoms with Crippen LogP contribution in [0.3, 0.4) is 0 Å². The lowest BCUT2D eigenvalue weighted by Crippen LogP contribution is -2.39. The number of hydrogen-bond donors (Lipinski definition) is 2. The Kier molecular flexibility index (Phi) is 5.00. The molecule has 7 heteroatoms. The van der Waals surface area contributed by atoms with E-state index < -0.39 is 16.1 Å². The molecule has 2 aromatic carbocycles. The minimum atomic E-state index is -3.87. The molecule has 0 atom stereocenters. The van der Waals surface area contributed by atoms with Crippen molar-refractivity contribution in [3.05, 3.63) is 60.2 Å². The van der Waals surface area contributed by atoms with Crippen LogP contribution in [-0.4, -0.2) is 21.6 Å². The average molecular weight is 320 g/mol. The summed E-state index contributed by atoms with van der Waals surface area (Å²) < 4.78 is 31.1. The van der Waals surface area contributed by atoms with E-state index in [-0.39, 0.29) is 11.4 Å². The van der Waals surface area contributed by atoms with Gasteiger partial charge in [-0.3, -0.25) is 0 Å². The fourth-order valence-corrected chi connectivity index (χ4v) is 2.79. The molecular weight excluding hydrogens is 304 g/mol.